The van der Waals surface area contributed by atoms with Crippen molar-refractivity contribution in [2.24, 2.45) is 0 Å². The van der Waals surface area contributed by atoms with E-state index in [0.29, 0.717) is 11.4 Å². The molecule has 118 valence electrons. The summed E-state index contributed by atoms with van der Waals surface area (Å²) in [6.07, 6.45) is 1.99. The maximum atomic E-state index is 12.3. The minimum Gasteiger partial charge on any atom is -0.465 e. The van der Waals surface area contributed by atoms with E-state index in [1.807, 2.05) is 6.92 Å². The fraction of sp³-hybridized carbons (Fsp3) is 0.500. The summed E-state index contributed by atoms with van der Waals surface area (Å²) >= 11 is 5.74. The first-order valence-corrected chi connectivity index (χ1v) is 8.71. The van der Waals surface area contributed by atoms with Crippen molar-refractivity contribution in [3.63, 3.8) is 0 Å². The summed E-state index contributed by atoms with van der Waals surface area (Å²) in [5.41, 5.74) is 0. The Morgan fingerprint density at radius 1 is 1.29 bits per heavy atom. The number of carbonyl (C=O) groups is 1. The van der Waals surface area contributed by atoms with Gasteiger partial charge < -0.3 is 4.74 Å². The van der Waals surface area contributed by atoms with Gasteiger partial charge in [-0.05, 0) is 37.6 Å². The summed E-state index contributed by atoms with van der Waals surface area (Å²) in [6.45, 7) is 3.86. The van der Waals surface area contributed by atoms with Crippen molar-refractivity contribution in [3.8, 4) is 0 Å². The molecule has 1 aromatic carbocycles. The molecule has 0 amide bonds. The SMILES string of the molecule is CCCCC(NS(=O)(=O)c1ccc(Cl)cc1)C(=O)OCC. The highest BCUT2D eigenvalue weighted by atomic mass is 35.5. The number of sulfonamides is 1. The summed E-state index contributed by atoms with van der Waals surface area (Å²) in [4.78, 5) is 11.9. The Bertz CT molecular complexity index is 557. The van der Waals surface area contributed by atoms with Crippen LogP contribution in [-0.4, -0.2) is 27.0 Å². The number of esters is 1. The fourth-order valence-electron chi connectivity index (χ4n) is 1.75. The summed E-state index contributed by atoms with van der Waals surface area (Å²) in [5.74, 6) is -0.552. The number of benzene rings is 1. The number of ether oxygens (including phenoxy) is 1. The maximum Gasteiger partial charge on any atom is 0.324 e. The molecule has 0 aliphatic rings. The highest BCUT2D eigenvalue weighted by Gasteiger charge is 2.26. The van der Waals surface area contributed by atoms with Crippen LogP contribution in [0.2, 0.25) is 5.02 Å². The molecule has 0 fully saturated rings. The molecule has 0 spiro atoms. The molecular formula is C14H20ClNO4S. The zero-order valence-corrected chi connectivity index (χ0v) is 13.7. The molecule has 0 bridgehead atoms. The molecule has 0 saturated heterocycles. The van der Waals surface area contributed by atoms with Crippen molar-refractivity contribution in [1.82, 2.24) is 4.72 Å². The van der Waals surface area contributed by atoms with Gasteiger partial charge in [-0.1, -0.05) is 31.4 Å². The fourth-order valence-corrected chi connectivity index (χ4v) is 3.09. The number of carbonyl (C=O) groups excluding carboxylic acids is 1. The van der Waals surface area contributed by atoms with Gasteiger partial charge in [0.2, 0.25) is 10.0 Å². The monoisotopic (exact) mass is 333 g/mol. The van der Waals surface area contributed by atoms with Crippen LogP contribution in [0.3, 0.4) is 0 Å². The second-order valence-corrected chi connectivity index (χ2v) is 6.67. The molecule has 1 unspecified atom stereocenters. The van der Waals surface area contributed by atoms with Crippen LogP contribution in [-0.2, 0) is 19.6 Å². The molecule has 1 aromatic rings. The Morgan fingerprint density at radius 3 is 2.43 bits per heavy atom. The minimum atomic E-state index is -3.78. The number of rotatable bonds is 8. The lowest BCUT2D eigenvalue weighted by Gasteiger charge is -2.17. The summed E-state index contributed by atoms with van der Waals surface area (Å²) in [6, 6.07) is 4.90. The third-order valence-corrected chi connectivity index (χ3v) is 4.58. The number of hydrogen-bond donors (Lipinski definition) is 1. The highest BCUT2D eigenvalue weighted by molar-refractivity contribution is 7.89. The molecule has 0 heterocycles. The lowest BCUT2D eigenvalue weighted by atomic mass is 10.1. The van der Waals surface area contributed by atoms with E-state index in [4.69, 9.17) is 16.3 Å². The largest absolute Gasteiger partial charge is 0.465 e. The summed E-state index contributed by atoms with van der Waals surface area (Å²) in [5, 5.41) is 0.446. The average molecular weight is 334 g/mol. The number of nitrogens with one attached hydrogen (secondary N) is 1. The maximum absolute atomic E-state index is 12.3. The normalized spacial score (nSPS) is 12.9. The lowest BCUT2D eigenvalue weighted by molar-refractivity contribution is -0.145. The van der Waals surface area contributed by atoms with Crippen molar-refractivity contribution in [2.45, 2.75) is 44.0 Å². The van der Waals surface area contributed by atoms with Crippen LogP contribution in [0.4, 0.5) is 0 Å². The molecule has 1 N–H and O–H groups in total. The van der Waals surface area contributed by atoms with Gasteiger partial charge in [0.15, 0.2) is 0 Å². The van der Waals surface area contributed by atoms with E-state index in [2.05, 4.69) is 4.72 Å². The molecular weight excluding hydrogens is 314 g/mol. The number of halogens is 1. The Hall–Kier alpha value is -1.11. The van der Waals surface area contributed by atoms with Crippen LogP contribution in [0.15, 0.2) is 29.2 Å². The molecule has 1 atom stereocenters. The standard InChI is InChI=1S/C14H20ClNO4S/c1-3-5-6-13(14(17)20-4-2)16-21(18,19)12-9-7-11(15)8-10-12/h7-10,13,16H,3-6H2,1-2H3. The van der Waals surface area contributed by atoms with Gasteiger partial charge in [-0.3, -0.25) is 4.79 Å². The Kier molecular flexibility index (Phi) is 7.14. The van der Waals surface area contributed by atoms with Crippen molar-refractivity contribution in [3.05, 3.63) is 29.3 Å². The van der Waals surface area contributed by atoms with Crippen LogP contribution in [0.1, 0.15) is 33.1 Å². The average Bonchev–Trinajstić information content (AvgIpc) is 2.44. The van der Waals surface area contributed by atoms with Crippen LogP contribution in [0.5, 0.6) is 0 Å². The first kappa shape index (κ1) is 17.9. The van der Waals surface area contributed by atoms with Crippen molar-refractivity contribution in [1.29, 1.82) is 0 Å². The van der Waals surface area contributed by atoms with Gasteiger partial charge >= 0.3 is 5.97 Å². The highest BCUT2D eigenvalue weighted by Crippen LogP contribution is 2.15. The third-order valence-electron chi connectivity index (χ3n) is 2.84. The first-order chi connectivity index (χ1) is 9.90. The van der Waals surface area contributed by atoms with Gasteiger partial charge in [-0.15, -0.1) is 0 Å². The molecule has 1 rings (SSSR count). The molecule has 0 saturated carbocycles. The van der Waals surface area contributed by atoms with Crippen LogP contribution in [0, 0.1) is 0 Å². The zero-order chi connectivity index (χ0) is 15.9. The lowest BCUT2D eigenvalue weighted by Crippen LogP contribution is -2.41. The van der Waals surface area contributed by atoms with Gasteiger partial charge in [0.25, 0.3) is 0 Å². The predicted molar refractivity (Wildman–Crippen MR) is 81.7 cm³/mol. The quantitative estimate of drug-likeness (QED) is 0.742. The van der Waals surface area contributed by atoms with Gasteiger partial charge in [-0.25, -0.2) is 8.42 Å². The van der Waals surface area contributed by atoms with Gasteiger partial charge in [-0.2, -0.15) is 4.72 Å². The van der Waals surface area contributed by atoms with Gasteiger partial charge in [0, 0.05) is 5.02 Å². The predicted octanol–water partition coefficient (Wildman–Crippen LogP) is 2.74. The van der Waals surface area contributed by atoms with E-state index in [1.54, 1.807) is 6.92 Å². The van der Waals surface area contributed by atoms with E-state index < -0.39 is 22.0 Å². The molecule has 0 aliphatic carbocycles. The summed E-state index contributed by atoms with van der Waals surface area (Å²) < 4.78 is 31.8. The molecule has 0 aliphatic heterocycles. The Morgan fingerprint density at radius 2 is 1.90 bits per heavy atom. The minimum absolute atomic E-state index is 0.0673. The van der Waals surface area contributed by atoms with Crippen molar-refractivity contribution in [2.75, 3.05) is 6.61 Å². The second-order valence-electron chi connectivity index (χ2n) is 4.52. The van der Waals surface area contributed by atoms with Gasteiger partial charge in [0.05, 0.1) is 11.5 Å². The molecule has 5 nitrogen and oxygen atoms in total. The van der Waals surface area contributed by atoms with Crippen LogP contribution < -0.4 is 4.72 Å². The van der Waals surface area contributed by atoms with E-state index in [1.165, 1.54) is 24.3 Å². The zero-order valence-electron chi connectivity index (χ0n) is 12.1. The molecule has 0 aromatic heterocycles. The molecule has 0 radical (unpaired) electrons. The number of hydrogen-bond acceptors (Lipinski definition) is 4. The van der Waals surface area contributed by atoms with E-state index in [0.717, 1.165) is 12.8 Å². The van der Waals surface area contributed by atoms with E-state index in [9.17, 15) is 13.2 Å². The van der Waals surface area contributed by atoms with E-state index in [-0.39, 0.29) is 11.5 Å². The number of unbranched alkanes of at least 4 members (excludes halogenated alkanes) is 1. The van der Waals surface area contributed by atoms with Gasteiger partial charge in [0.1, 0.15) is 6.04 Å². The van der Waals surface area contributed by atoms with E-state index >= 15 is 0 Å². The Balaban J connectivity index is 2.89. The Labute approximate surface area is 130 Å². The molecule has 7 heteroatoms. The van der Waals surface area contributed by atoms with Crippen molar-refractivity contribution >= 4 is 27.6 Å². The van der Waals surface area contributed by atoms with Crippen LogP contribution >= 0.6 is 11.6 Å². The summed E-state index contributed by atoms with van der Waals surface area (Å²) in [7, 11) is -3.78. The van der Waals surface area contributed by atoms with Crippen molar-refractivity contribution < 1.29 is 17.9 Å². The topological polar surface area (TPSA) is 72.5 Å². The first-order valence-electron chi connectivity index (χ1n) is 6.85. The molecule has 21 heavy (non-hydrogen) atoms. The smallest absolute Gasteiger partial charge is 0.324 e. The third kappa shape index (κ3) is 5.65. The second kappa shape index (κ2) is 8.36. The van der Waals surface area contributed by atoms with Crippen LogP contribution in [0.25, 0.3) is 0 Å².